The fourth-order valence-electron chi connectivity index (χ4n) is 1.72. The summed E-state index contributed by atoms with van der Waals surface area (Å²) in [5.74, 6) is 0.430. The molecule has 0 unspecified atom stereocenters. The van der Waals surface area contributed by atoms with Gasteiger partial charge in [-0.25, -0.2) is 0 Å². The summed E-state index contributed by atoms with van der Waals surface area (Å²) < 4.78 is 0. The first-order valence-corrected chi connectivity index (χ1v) is 5.57. The molecule has 0 heterocycles. The van der Waals surface area contributed by atoms with E-state index >= 15 is 0 Å². The average Bonchev–Trinajstić information content (AvgIpc) is 2.30. The zero-order chi connectivity index (χ0) is 13.1. The number of aromatic hydroxyl groups is 2. The zero-order valence-corrected chi connectivity index (χ0v) is 10.3. The van der Waals surface area contributed by atoms with Gasteiger partial charge in [0.2, 0.25) is 0 Å². The fourth-order valence-corrected chi connectivity index (χ4v) is 1.72. The number of aryl methyl sites for hydroxylation is 2. The second kappa shape index (κ2) is 4.87. The van der Waals surface area contributed by atoms with Gasteiger partial charge in [0.15, 0.2) is 0 Å². The number of nitrogens with zero attached hydrogens (tertiary/aromatic N) is 2. The maximum absolute atomic E-state index is 9.43. The van der Waals surface area contributed by atoms with Crippen LogP contribution in [-0.2, 0) is 0 Å². The predicted octanol–water partition coefficient (Wildman–Crippen LogP) is 4.13. The first-order valence-electron chi connectivity index (χ1n) is 5.57. The van der Waals surface area contributed by atoms with E-state index in [1.165, 1.54) is 0 Å². The molecule has 0 radical (unpaired) electrons. The minimum Gasteiger partial charge on any atom is -0.508 e. The number of rotatable bonds is 2. The minimum absolute atomic E-state index is 0.200. The molecule has 2 rings (SSSR count). The Morgan fingerprint density at radius 2 is 1.33 bits per heavy atom. The van der Waals surface area contributed by atoms with Crippen molar-refractivity contribution >= 4 is 11.4 Å². The van der Waals surface area contributed by atoms with Gasteiger partial charge in [0.05, 0.1) is 11.4 Å². The number of phenolic OH excluding ortho intramolecular Hbond substituents is 2. The first-order chi connectivity index (χ1) is 8.56. The Kier molecular flexibility index (Phi) is 3.28. The lowest BCUT2D eigenvalue weighted by atomic mass is 10.1. The van der Waals surface area contributed by atoms with Crippen LogP contribution < -0.4 is 0 Å². The molecule has 0 aromatic heterocycles. The van der Waals surface area contributed by atoms with Crippen molar-refractivity contribution in [3.05, 3.63) is 47.5 Å². The second-order valence-corrected chi connectivity index (χ2v) is 4.14. The lowest BCUT2D eigenvalue weighted by Gasteiger charge is -2.04. The Morgan fingerprint density at radius 1 is 0.778 bits per heavy atom. The lowest BCUT2D eigenvalue weighted by Crippen LogP contribution is -1.79. The first kappa shape index (κ1) is 12.1. The van der Waals surface area contributed by atoms with Gasteiger partial charge in [0, 0.05) is 0 Å². The molecule has 0 saturated heterocycles. The summed E-state index contributed by atoms with van der Waals surface area (Å²) in [5.41, 5.74) is 3.16. The molecule has 0 aliphatic carbocycles. The molecule has 0 amide bonds. The van der Waals surface area contributed by atoms with Crippen LogP contribution in [0.3, 0.4) is 0 Å². The van der Waals surface area contributed by atoms with Crippen LogP contribution in [0.15, 0.2) is 46.6 Å². The zero-order valence-electron chi connectivity index (χ0n) is 10.3. The van der Waals surface area contributed by atoms with Crippen molar-refractivity contribution in [2.24, 2.45) is 10.2 Å². The van der Waals surface area contributed by atoms with Crippen molar-refractivity contribution in [3.63, 3.8) is 0 Å². The molecule has 0 bridgehead atoms. The molecule has 4 nitrogen and oxygen atoms in total. The maximum Gasteiger partial charge on any atom is 0.116 e. The molecule has 0 aliphatic heterocycles. The van der Waals surface area contributed by atoms with Crippen molar-refractivity contribution in [1.29, 1.82) is 0 Å². The molecule has 0 spiro atoms. The summed E-state index contributed by atoms with van der Waals surface area (Å²) in [6.07, 6.45) is 0. The van der Waals surface area contributed by atoms with E-state index in [0.717, 1.165) is 16.8 Å². The third-order valence-corrected chi connectivity index (χ3v) is 2.59. The molecule has 92 valence electrons. The van der Waals surface area contributed by atoms with Gasteiger partial charge in [-0.1, -0.05) is 0 Å². The van der Waals surface area contributed by atoms with Crippen molar-refractivity contribution in [3.8, 4) is 11.5 Å². The molecule has 0 aliphatic rings. The topological polar surface area (TPSA) is 65.2 Å². The molecule has 0 fully saturated rings. The van der Waals surface area contributed by atoms with Gasteiger partial charge in [-0.3, -0.25) is 0 Å². The van der Waals surface area contributed by atoms with E-state index in [2.05, 4.69) is 10.2 Å². The quantitative estimate of drug-likeness (QED) is 0.777. The number of azo groups is 1. The fraction of sp³-hybridized carbons (Fsp3) is 0.143. The van der Waals surface area contributed by atoms with E-state index in [1.54, 1.807) is 36.4 Å². The number of hydrogen-bond acceptors (Lipinski definition) is 4. The predicted molar refractivity (Wildman–Crippen MR) is 69.9 cm³/mol. The summed E-state index contributed by atoms with van der Waals surface area (Å²) in [6, 6.07) is 9.79. The van der Waals surface area contributed by atoms with Gasteiger partial charge in [0.25, 0.3) is 0 Å². The van der Waals surface area contributed by atoms with Crippen LogP contribution in [0.1, 0.15) is 11.1 Å². The lowest BCUT2D eigenvalue weighted by molar-refractivity contribution is 0.474. The minimum atomic E-state index is 0.200. The Bertz CT molecular complexity index is 566. The smallest absolute Gasteiger partial charge is 0.116 e. The Labute approximate surface area is 105 Å². The monoisotopic (exact) mass is 242 g/mol. The molecule has 18 heavy (non-hydrogen) atoms. The summed E-state index contributed by atoms with van der Waals surface area (Å²) >= 11 is 0. The third kappa shape index (κ3) is 2.66. The van der Waals surface area contributed by atoms with Crippen LogP contribution in [0.25, 0.3) is 0 Å². The Balaban J connectivity index is 2.31. The van der Waals surface area contributed by atoms with Crippen molar-refractivity contribution in [2.45, 2.75) is 13.8 Å². The maximum atomic E-state index is 9.43. The second-order valence-electron chi connectivity index (χ2n) is 4.14. The van der Waals surface area contributed by atoms with Gasteiger partial charge >= 0.3 is 0 Å². The summed E-state index contributed by atoms with van der Waals surface area (Å²) in [5, 5.41) is 26.9. The van der Waals surface area contributed by atoms with Crippen LogP contribution in [-0.4, -0.2) is 10.2 Å². The third-order valence-electron chi connectivity index (χ3n) is 2.59. The Hall–Kier alpha value is -2.36. The average molecular weight is 242 g/mol. The van der Waals surface area contributed by atoms with E-state index in [1.807, 2.05) is 13.8 Å². The van der Waals surface area contributed by atoms with E-state index in [9.17, 15) is 5.11 Å². The van der Waals surface area contributed by atoms with Gasteiger partial charge in [0.1, 0.15) is 11.5 Å². The van der Waals surface area contributed by atoms with Crippen LogP contribution >= 0.6 is 0 Å². The molecule has 2 aromatic rings. The largest absolute Gasteiger partial charge is 0.508 e. The van der Waals surface area contributed by atoms with Crippen LogP contribution in [0.2, 0.25) is 0 Å². The van der Waals surface area contributed by atoms with Crippen LogP contribution in [0.5, 0.6) is 11.5 Å². The standard InChI is InChI=1S/C14H14N2O2/c1-9-7-13(18)8-10(2)14(9)16-15-11-3-5-12(17)6-4-11/h3-8,17-18H,1-2H3/b16-15+. The summed E-state index contributed by atoms with van der Waals surface area (Å²) in [4.78, 5) is 0. The number of hydrogen-bond donors (Lipinski definition) is 2. The Morgan fingerprint density at radius 3 is 1.89 bits per heavy atom. The van der Waals surface area contributed by atoms with Gasteiger partial charge in [-0.15, -0.1) is 0 Å². The van der Waals surface area contributed by atoms with Gasteiger partial charge in [-0.2, -0.15) is 10.2 Å². The van der Waals surface area contributed by atoms with Gasteiger partial charge < -0.3 is 10.2 Å². The molecular weight excluding hydrogens is 228 g/mol. The number of benzene rings is 2. The van der Waals surface area contributed by atoms with Crippen LogP contribution in [0, 0.1) is 13.8 Å². The summed E-state index contributed by atoms with van der Waals surface area (Å²) in [6.45, 7) is 3.75. The molecule has 4 heteroatoms. The normalized spacial score (nSPS) is 11.0. The highest BCUT2D eigenvalue weighted by atomic mass is 16.3. The number of phenols is 2. The molecule has 0 atom stereocenters. The van der Waals surface area contributed by atoms with E-state index in [4.69, 9.17) is 5.11 Å². The van der Waals surface area contributed by atoms with E-state index in [0.29, 0.717) is 5.69 Å². The molecule has 2 N–H and O–H groups in total. The molecule has 2 aromatic carbocycles. The highest BCUT2D eigenvalue weighted by Gasteiger charge is 2.03. The summed E-state index contributed by atoms with van der Waals surface area (Å²) in [7, 11) is 0. The SMILES string of the molecule is Cc1cc(O)cc(C)c1/N=N/c1ccc(O)cc1. The molecule has 0 saturated carbocycles. The highest BCUT2D eigenvalue weighted by molar-refractivity contribution is 5.55. The molecular formula is C14H14N2O2. The van der Waals surface area contributed by atoms with Crippen molar-refractivity contribution in [2.75, 3.05) is 0 Å². The van der Waals surface area contributed by atoms with E-state index in [-0.39, 0.29) is 11.5 Å². The van der Waals surface area contributed by atoms with E-state index < -0.39 is 0 Å². The highest BCUT2D eigenvalue weighted by Crippen LogP contribution is 2.29. The van der Waals surface area contributed by atoms with Gasteiger partial charge in [-0.05, 0) is 61.4 Å². The van der Waals surface area contributed by atoms with Crippen molar-refractivity contribution < 1.29 is 10.2 Å². The van der Waals surface area contributed by atoms with Crippen molar-refractivity contribution in [1.82, 2.24) is 0 Å². The van der Waals surface area contributed by atoms with Crippen LogP contribution in [0.4, 0.5) is 11.4 Å².